The van der Waals surface area contributed by atoms with Crippen LogP contribution < -0.4 is 24.0 Å². The highest BCUT2D eigenvalue weighted by molar-refractivity contribution is 4.58. The van der Waals surface area contributed by atoms with Crippen LogP contribution in [-0.2, 0) is 0 Å². The molecule has 0 aliphatic heterocycles. The monoisotopic (exact) mass is 1100 g/mol. The summed E-state index contributed by atoms with van der Waals surface area (Å²) in [6, 6.07) is 0. The summed E-state index contributed by atoms with van der Waals surface area (Å²) in [4.78, 5) is 0. The molecule has 0 saturated heterocycles. The summed E-state index contributed by atoms with van der Waals surface area (Å²) >= 11 is 0. The summed E-state index contributed by atoms with van der Waals surface area (Å²) in [5.74, 6) is 0. The van der Waals surface area contributed by atoms with Gasteiger partial charge in [0.25, 0.3) is 0 Å². The molecular weight excluding hydrogens is 958 g/mol. The molecule has 0 bridgehead atoms. The first-order chi connectivity index (χ1) is 34.2. The molecule has 0 atom stereocenters. The van der Waals surface area contributed by atoms with E-state index in [9.17, 15) is 0 Å². The van der Waals surface area contributed by atoms with Gasteiger partial charge in [-0.2, -0.15) is 0 Å². The molecule has 0 saturated carbocycles. The molecule has 0 heterocycles. The second-order valence-corrected chi connectivity index (χ2v) is 24.0. The number of hydrogen-bond donors (Lipinski definition) is 0. The van der Waals surface area contributed by atoms with Gasteiger partial charge in [-0.15, -0.1) is 0 Å². The molecule has 1 nitrogen and oxygen atoms in total. The lowest BCUT2D eigenvalue weighted by Gasteiger charge is -2.40. The Labute approximate surface area is 464 Å². The van der Waals surface area contributed by atoms with Crippen LogP contribution in [0.5, 0.6) is 0 Å². The van der Waals surface area contributed by atoms with Crippen LogP contribution in [0.1, 0.15) is 413 Å². The van der Waals surface area contributed by atoms with Crippen molar-refractivity contribution < 1.29 is 28.5 Å². The third-order valence-electron chi connectivity index (χ3n) is 16.9. The predicted molar refractivity (Wildman–Crippen MR) is 319 cm³/mol. The highest BCUT2D eigenvalue weighted by Gasteiger charge is 2.26. The molecule has 0 unspecified atom stereocenters. The number of hydrogen-bond acceptors (Lipinski definition) is 0. The lowest BCUT2D eigenvalue weighted by atomic mass is 10.0. The van der Waals surface area contributed by atoms with Crippen LogP contribution in [0.15, 0.2) is 0 Å². The van der Waals surface area contributed by atoms with E-state index in [-0.39, 0.29) is 24.0 Å². The van der Waals surface area contributed by atoms with Gasteiger partial charge in [0.2, 0.25) is 0 Å². The van der Waals surface area contributed by atoms with Crippen LogP contribution in [0, 0.1) is 0 Å². The minimum atomic E-state index is 0. The number of quaternary nitrogens is 1. The maximum absolute atomic E-state index is 2.33. The van der Waals surface area contributed by atoms with E-state index in [1.54, 1.807) is 0 Å². The van der Waals surface area contributed by atoms with Crippen molar-refractivity contribution in [2.45, 2.75) is 413 Å². The average molecular weight is 1100 g/mol. The summed E-state index contributed by atoms with van der Waals surface area (Å²) in [5, 5.41) is 0. The Morgan fingerprint density at radius 2 is 0.214 bits per heavy atom. The van der Waals surface area contributed by atoms with Gasteiger partial charge in [-0.1, -0.05) is 362 Å². The molecule has 0 aromatic heterocycles. The third-order valence-corrected chi connectivity index (χ3v) is 16.9. The van der Waals surface area contributed by atoms with Crippen LogP contribution in [0.25, 0.3) is 0 Å². The molecule has 0 radical (unpaired) electrons. The zero-order valence-electron chi connectivity index (χ0n) is 50.1. The van der Waals surface area contributed by atoms with Gasteiger partial charge in [0, 0.05) is 0 Å². The number of unbranched alkanes of at least 4 members (excludes halogenated alkanes) is 56. The second kappa shape index (κ2) is 65.8. The Balaban J connectivity index is 0. The molecule has 0 rings (SSSR count). The molecule has 2 heteroatoms. The summed E-state index contributed by atoms with van der Waals surface area (Å²) in [5.41, 5.74) is 0. The van der Waals surface area contributed by atoms with Crippen molar-refractivity contribution >= 4 is 0 Å². The first kappa shape index (κ1) is 72.8. The fourth-order valence-corrected chi connectivity index (χ4v) is 11.9. The van der Waals surface area contributed by atoms with E-state index in [2.05, 4.69) is 27.7 Å². The molecule has 0 aromatic carbocycles. The zero-order chi connectivity index (χ0) is 49.8. The van der Waals surface area contributed by atoms with Crippen LogP contribution in [0.2, 0.25) is 0 Å². The molecule has 0 amide bonds. The van der Waals surface area contributed by atoms with Gasteiger partial charge in [0.05, 0.1) is 26.2 Å². The van der Waals surface area contributed by atoms with Gasteiger partial charge in [-0.25, -0.2) is 0 Å². The first-order valence-electron chi connectivity index (χ1n) is 34.1. The van der Waals surface area contributed by atoms with Crippen molar-refractivity contribution in [1.82, 2.24) is 0 Å². The average Bonchev–Trinajstić information content (AvgIpc) is 3.36. The molecule has 0 spiro atoms. The van der Waals surface area contributed by atoms with Crippen LogP contribution in [-0.4, -0.2) is 30.7 Å². The minimum Gasteiger partial charge on any atom is -1.00 e. The highest BCUT2D eigenvalue weighted by atomic mass is 127. The quantitative estimate of drug-likeness (QED) is 0.0323. The van der Waals surface area contributed by atoms with Gasteiger partial charge in [-0.05, 0) is 51.4 Å². The van der Waals surface area contributed by atoms with E-state index in [1.165, 1.54) is 416 Å². The topological polar surface area (TPSA) is 0 Å². The lowest BCUT2D eigenvalue weighted by Crippen LogP contribution is -3.00. The third kappa shape index (κ3) is 59.6. The Hall–Kier alpha value is 0.690. The highest BCUT2D eigenvalue weighted by Crippen LogP contribution is 2.23. The second-order valence-electron chi connectivity index (χ2n) is 24.0. The predicted octanol–water partition coefficient (Wildman–Crippen LogP) is 22.3. The van der Waals surface area contributed by atoms with Crippen LogP contribution in [0.4, 0.5) is 0 Å². The normalized spacial score (nSPS) is 11.8. The molecule has 0 aromatic rings. The Morgan fingerprint density at radius 1 is 0.129 bits per heavy atom. The molecule has 0 aliphatic rings. The van der Waals surface area contributed by atoms with E-state index in [0.29, 0.717) is 0 Å². The number of halogens is 1. The summed E-state index contributed by atoms with van der Waals surface area (Å²) in [6.45, 7) is 15.3. The van der Waals surface area contributed by atoms with E-state index in [1.807, 2.05) is 0 Å². The van der Waals surface area contributed by atoms with Crippen molar-refractivity contribution in [3.63, 3.8) is 0 Å². The largest absolute Gasteiger partial charge is 1.00 e. The summed E-state index contributed by atoms with van der Waals surface area (Å²) in [7, 11) is 0. The van der Waals surface area contributed by atoms with E-state index in [4.69, 9.17) is 0 Å². The van der Waals surface area contributed by atoms with Crippen LogP contribution >= 0.6 is 0 Å². The Morgan fingerprint density at radius 3 is 0.314 bits per heavy atom. The fraction of sp³-hybridized carbons (Fsp3) is 1.00. The standard InChI is InChI=1S/C68H140N.HI/c1-5-9-13-17-21-25-29-33-37-41-45-49-53-57-61-65-69(66-62-58-54-50-46-42-38-34-30-26-22-18-14-10-6-2,67-63-59-55-51-47-43-39-35-31-27-23-19-15-11-7-3)68-64-60-56-52-48-44-40-36-32-28-24-20-16-12-8-4;/h5-68H2,1-4H3;1H/q+1;/p-1. The van der Waals surface area contributed by atoms with Crippen molar-refractivity contribution in [2.24, 2.45) is 0 Å². The Bertz CT molecular complexity index is 730. The van der Waals surface area contributed by atoms with Crippen molar-refractivity contribution in [3.05, 3.63) is 0 Å². The fourth-order valence-electron chi connectivity index (χ4n) is 11.9. The molecule has 0 N–H and O–H groups in total. The van der Waals surface area contributed by atoms with Crippen molar-refractivity contribution in [3.8, 4) is 0 Å². The number of rotatable bonds is 64. The van der Waals surface area contributed by atoms with E-state index in [0.717, 1.165) is 0 Å². The number of nitrogens with zero attached hydrogens (tertiary/aromatic N) is 1. The van der Waals surface area contributed by atoms with Crippen LogP contribution in [0.3, 0.4) is 0 Å². The van der Waals surface area contributed by atoms with Crippen molar-refractivity contribution in [2.75, 3.05) is 26.2 Å². The van der Waals surface area contributed by atoms with Crippen molar-refractivity contribution in [1.29, 1.82) is 0 Å². The van der Waals surface area contributed by atoms with Gasteiger partial charge in [-0.3, -0.25) is 0 Å². The molecule has 0 aliphatic carbocycles. The molecule has 0 fully saturated rings. The Kier molecular flexibility index (Phi) is 68.4. The maximum atomic E-state index is 2.33. The van der Waals surface area contributed by atoms with E-state index < -0.39 is 0 Å². The van der Waals surface area contributed by atoms with Gasteiger partial charge in [0.1, 0.15) is 0 Å². The van der Waals surface area contributed by atoms with Gasteiger partial charge in [0.15, 0.2) is 0 Å². The maximum Gasteiger partial charge on any atom is 0.0786 e. The first-order valence-corrected chi connectivity index (χ1v) is 34.1. The van der Waals surface area contributed by atoms with Gasteiger partial charge >= 0.3 is 0 Å². The zero-order valence-corrected chi connectivity index (χ0v) is 52.2. The summed E-state index contributed by atoms with van der Waals surface area (Å²) in [6.07, 6.45) is 88.7. The van der Waals surface area contributed by atoms with Gasteiger partial charge < -0.3 is 28.5 Å². The molecular formula is C68H140IN. The SMILES string of the molecule is CCCCCCCCCCCCCCCCC[N+](CCCCCCCCCCCCCCCCC)(CCCCCCCCCCCCCCCCC)CCCCCCCCCCCCCCCCC.[I-]. The van der Waals surface area contributed by atoms with E-state index >= 15 is 0 Å². The summed E-state index contributed by atoms with van der Waals surface area (Å²) < 4.78 is 1.49. The minimum absolute atomic E-state index is 0. The smallest absolute Gasteiger partial charge is 0.0786 e. The lowest BCUT2D eigenvalue weighted by molar-refractivity contribution is -0.929. The molecule has 70 heavy (non-hydrogen) atoms. The molecule has 424 valence electrons.